The largest absolute Gasteiger partial charge is 0.459 e. The first-order valence-electron chi connectivity index (χ1n) is 7.99. The quantitative estimate of drug-likeness (QED) is 0.637. The van der Waals surface area contributed by atoms with Gasteiger partial charge in [-0.3, -0.25) is 14.2 Å². The zero-order chi connectivity index (χ0) is 18.5. The molecule has 1 amide bonds. The zero-order valence-electron chi connectivity index (χ0n) is 14.1. The van der Waals surface area contributed by atoms with Crippen molar-refractivity contribution in [2.24, 2.45) is 0 Å². The van der Waals surface area contributed by atoms with Gasteiger partial charge < -0.3 is 14.5 Å². The van der Waals surface area contributed by atoms with Crippen LogP contribution in [-0.2, 0) is 27.5 Å². The van der Waals surface area contributed by atoms with Crippen LogP contribution in [-0.4, -0.2) is 21.4 Å². The summed E-state index contributed by atoms with van der Waals surface area (Å²) in [5.41, 5.74) is 1.81. The van der Waals surface area contributed by atoms with Crippen LogP contribution in [0.2, 0.25) is 0 Å². The number of ether oxygens (including phenoxy) is 1. The summed E-state index contributed by atoms with van der Waals surface area (Å²) in [5.74, 6) is -1.02. The highest BCUT2D eigenvalue weighted by atomic mass is 32.1. The van der Waals surface area contributed by atoms with Gasteiger partial charge in [-0.2, -0.15) is 0 Å². The van der Waals surface area contributed by atoms with Crippen molar-refractivity contribution in [3.8, 4) is 0 Å². The van der Waals surface area contributed by atoms with Crippen molar-refractivity contribution in [2.75, 3.05) is 5.32 Å². The molecule has 9 heteroatoms. The number of hydrogen-bond donors (Lipinski definition) is 1. The highest BCUT2D eigenvalue weighted by Crippen LogP contribution is 2.16. The molecular formula is C17H17N3O5S. The first-order valence-corrected chi connectivity index (χ1v) is 8.87. The van der Waals surface area contributed by atoms with Crippen molar-refractivity contribution in [3.63, 3.8) is 0 Å². The predicted octanol–water partition coefficient (Wildman–Crippen LogP) is 2.53. The summed E-state index contributed by atoms with van der Waals surface area (Å²) in [6.45, 7) is 1.81. The van der Waals surface area contributed by atoms with Gasteiger partial charge in [-0.05, 0) is 18.6 Å². The molecule has 0 aliphatic rings. The Kier molecular flexibility index (Phi) is 5.47. The van der Waals surface area contributed by atoms with E-state index < -0.39 is 5.76 Å². The normalized spacial score (nSPS) is 10.8. The van der Waals surface area contributed by atoms with Crippen molar-refractivity contribution >= 4 is 39.4 Å². The fraction of sp³-hybridized carbons (Fsp3) is 0.294. The van der Waals surface area contributed by atoms with E-state index in [0.717, 1.165) is 0 Å². The van der Waals surface area contributed by atoms with Crippen LogP contribution in [0.3, 0.4) is 0 Å². The Morgan fingerprint density at radius 2 is 2.15 bits per heavy atom. The van der Waals surface area contributed by atoms with Crippen LogP contribution in [0.25, 0.3) is 11.1 Å². The molecule has 0 atom stereocenters. The monoisotopic (exact) mass is 375 g/mol. The maximum atomic E-state index is 11.9. The third kappa shape index (κ3) is 4.37. The van der Waals surface area contributed by atoms with E-state index in [1.54, 1.807) is 23.6 Å². The van der Waals surface area contributed by atoms with E-state index in [9.17, 15) is 14.4 Å². The van der Waals surface area contributed by atoms with Crippen molar-refractivity contribution < 1.29 is 18.7 Å². The van der Waals surface area contributed by atoms with Gasteiger partial charge in [0.05, 0.1) is 11.2 Å². The molecule has 3 aromatic rings. The second-order valence-corrected chi connectivity index (χ2v) is 6.43. The predicted molar refractivity (Wildman–Crippen MR) is 95.9 cm³/mol. The van der Waals surface area contributed by atoms with Gasteiger partial charge in [-0.15, -0.1) is 11.3 Å². The van der Waals surface area contributed by atoms with Gasteiger partial charge in [0.1, 0.15) is 6.61 Å². The van der Waals surface area contributed by atoms with Crippen LogP contribution in [0.1, 0.15) is 25.5 Å². The van der Waals surface area contributed by atoms with Gasteiger partial charge in [-0.1, -0.05) is 12.1 Å². The summed E-state index contributed by atoms with van der Waals surface area (Å²) in [4.78, 5) is 38.8. The van der Waals surface area contributed by atoms with Crippen LogP contribution >= 0.6 is 11.3 Å². The fourth-order valence-corrected chi connectivity index (χ4v) is 3.16. The third-order valence-electron chi connectivity index (χ3n) is 3.55. The number of rotatable bonds is 7. The van der Waals surface area contributed by atoms with E-state index in [-0.39, 0.29) is 24.9 Å². The number of benzene rings is 1. The summed E-state index contributed by atoms with van der Waals surface area (Å²) in [5, 5.41) is 4.75. The lowest BCUT2D eigenvalue weighted by molar-refractivity contribution is -0.145. The van der Waals surface area contributed by atoms with Gasteiger partial charge >= 0.3 is 11.7 Å². The number of amides is 1. The first kappa shape index (κ1) is 17.9. The van der Waals surface area contributed by atoms with E-state index in [4.69, 9.17) is 9.15 Å². The van der Waals surface area contributed by atoms with Gasteiger partial charge in [0, 0.05) is 25.3 Å². The van der Waals surface area contributed by atoms with Crippen LogP contribution in [0.15, 0.2) is 38.9 Å². The van der Waals surface area contributed by atoms with Crippen LogP contribution in [0, 0.1) is 0 Å². The first-order chi connectivity index (χ1) is 12.5. The summed E-state index contributed by atoms with van der Waals surface area (Å²) in [6, 6.07) is 7.14. The number of carbonyl (C=O) groups excluding carboxylic acids is 2. The number of oxazole rings is 1. The smallest absolute Gasteiger partial charge is 0.419 e. The second kappa shape index (κ2) is 7.96. The lowest BCUT2D eigenvalue weighted by Crippen LogP contribution is -2.15. The lowest BCUT2D eigenvalue weighted by atomic mass is 10.3. The molecule has 0 saturated heterocycles. The van der Waals surface area contributed by atoms with Gasteiger partial charge in [0.15, 0.2) is 10.7 Å². The maximum absolute atomic E-state index is 11.9. The van der Waals surface area contributed by atoms with Crippen molar-refractivity contribution in [3.05, 3.63) is 45.9 Å². The average Bonchev–Trinajstić information content (AvgIpc) is 3.16. The minimum Gasteiger partial charge on any atom is -0.459 e. The topological polar surface area (TPSA) is 103 Å². The summed E-state index contributed by atoms with van der Waals surface area (Å²) < 4.78 is 11.8. The van der Waals surface area contributed by atoms with Gasteiger partial charge in [-0.25, -0.2) is 9.78 Å². The molecule has 0 bridgehead atoms. The van der Waals surface area contributed by atoms with Crippen LogP contribution in [0.5, 0.6) is 0 Å². The number of carbonyl (C=O) groups is 2. The molecule has 8 nitrogen and oxygen atoms in total. The molecule has 136 valence electrons. The Bertz CT molecular complexity index is 988. The summed E-state index contributed by atoms with van der Waals surface area (Å²) >= 11 is 1.27. The van der Waals surface area contributed by atoms with Gasteiger partial charge in [0.2, 0.25) is 5.91 Å². The number of aromatic nitrogens is 2. The maximum Gasteiger partial charge on any atom is 0.419 e. The Labute approximate surface area is 152 Å². The molecule has 0 spiro atoms. The number of hydrogen-bond acceptors (Lipinski definition) is 7. The van der Waals surface area contributed by atoms with Crippen LogP contribution in [0.4, 0.5) is 5.13 Å². The minimum absolute atomic E-state index is 0.0451. The molecular weight excluding hydrogens is 358 g/mol. The highest BCUT2D eigenvalue weighted by Gasteiger charge is 2.11. The molecule has 0 unspecified atom stereocenters. The standard InChI is InChI=1S/C17H17N3O5S/c1-11(21)18-16-19-12(10-26-16)9-24-15(22)7-4-8-20-13-5-2-3-6-14(13)25-17(20)23/h2-3,5-6,10H,4,7-9H2,1H3,(H,18,19,21). The number of esters is 1. The lowest BCUT2D eigenvalue weighted by Gasteiger charge is -2.04. The number of nitrogens with zero attached hydrogens (tertiary/aromatic N) is 2. The van der Waals surface area contributed by atoms with Crippen molar-refractivity contribution in [2.45, 2.75) is 32.9 Å². The number of thiazole rings is 1. The number of aryl methyl sites for hydroxylation is 1. The molecule has 1 aromatic carbocycles. The van der Waals surface area contributed by atoms with Crippen molar-refractivity contribution in [1.82, 2.24) is 9.55 Å². The number of nitrogens with one attached hydrogen (secondary N) is 1. The third-order valence-corrected chi connectivity index (χ3v) is 4.36. The number of fused-ring (bicyclic) bond motifs is 1. The Morgan fingerprint density at radius 1 is 1.35 bits per heavy atom. The Balaban J connectivity index is 1.47. The highest BCUT2D eigenvalue weighted by molar-refractivity contribution is 7.13. The average molecular weight is 375 g/mol. The summed E-state index contributed by atoms with van der Waals surface area (Å²) in [6.07, 6.45) is 0.630. The minimum atomic E-state index is -0.437. The van der Waals surface area contributed by atoms with Crippen molar-refractivity contribution in [1.29, 1.82) is 0 Å². The molecule has 2 heterocycles. The van der Waals surface area contributed by atoms with Crippen LogP contribution < -0.4 is 11.1 Å². The number of para-hydroxylation sites is 2. The molecule has 26 heavy (non-hydrogen) atoms. The van der Waals surface area contributed by atoms with E-state index >= 15 is 0 Å². The Morgan fingerprint density at radius 3 is 2.96 bits per heavy atom. The molecule has 2 aromatic heterocycles. The number of anilines is 1. The van der Waals surface area contributed by atoms with E-state index in [0.29, 0.717) is 34.9 Å². The Hall–Kier alpha value is -2.94. The van der Waals surface area contributed by atoms with E-state index in [1.807, 2.05) is 6.07 Å². The molecule has 0 aliphatic carbocycles. The SMILES string of the molecule is CC(=O)Nc1nc(COC(=O)CCCn2c(=O)oc3ccccc32)cs1. The van der Waals surface area contributed by atoms with E-state index in [2.05, 4.69) is 10.3 Å². The van der Waals surface area contributed by atoms with E-state index in [1.165, 1.54) is 22.8 Å². The van der Waals surface area contributed by atoms with Gasteiger partial charge in [0.25, 0.3) is 0 Å². The molecule has 0 saturated carbocycles. The second-order valence-electron chi connectivity index (χ2n) is 5.58. The molecule has 0 radical (unpaired) electrons. The molecule has 1 N–H and O–H groups in total. The molecule has 0 fully saturated rings. The molecule has 3 rings (SSSR count). The zero-order valence-corrected chi connectivity index (χ0v) is 14.9. The fourth-order valence-electron chi connectivity index (χ4n) is 2.42. The summed E-state index contributed by atoms with van der Waals surface area (Å²) in [7, 11) is 0. The molecule has 0 aliphatic heterocycles.